The fraction of sp³-hybridized carbons (Fsp3) is 0.484. The summed E-state index contributed by atoms with van der Waals surface area (Å²) in [4.78, 5) is 31.0. The van der Waals surface area contributed by atoms with Crippen LogP contribution in [-0.4, -0.2) is 76.0 Å². The molecule has 1 saturated heterocycles. The molecule has 0 radical (unpaired) electrons. The van der Waals surface area contributed by atoms with Gasteiger partial charge in [-0.15, -0.1) is 0 Å². The molecule has 7 heterocycles. The van der Waals surface area contributed by atoms with E-state index in [1.807, 2.05) is 58.2 Å². The average molecular weight is 547 g/mol. The van der Waals surface area contributed by atoms with Crippen LogP contribution in [-0.2, 0) is 11.3 Å². The molecule has 8 rings (SSSR count). The summed E-state index contributed by atoms with van der Waals surface area (Å²) in [6, 6.07) is 14.7. The zero-order valence-electron chi connectivity index (χ0n) is 24.8. The molecule has 1 amide bonds. The minimum atomic E-state index is 0.0980. The highest BCUT2D eigenvalue weighted by molar-refractivity contribution is 5.78. The van der Waals surface area contributed by atoms with Gasteiger partial charge < -0.3 is 16.0 Å². The molecule has 1 aromatic carbocycles. The number of carbonyl (C=O) groups is 1. The monoisotopic (exact) mass is 546 g/mol. The molecule has 216 valence electrons. The lowest BCUT2D eigenvalue weighted by Gasteiger charge is -2.41. The Bertz CT molecular complexity index is 1170. The second-order valence-electron chi connectivity index (χ2n) is 9.42. The van der Waals surface area contributed by atoms with Crippen molar-refractivity contribution in [1.82, 2.24) is 30.1 Å². The first-order valence-corrected chi connectivity index (χ1v) is 14.8. The summed E-state index contributed by atoms with van der Waals surface area (Å²) in [5.74, 6) is 1.46. The number of aromatic nitrogens is 3. The molecule has 5 aliphatic heterocycles. The third-order valence-corrected chi connectivity index (χ3v) is 6.79. The average Bonchev–Trinajstić information content (AvgIpc) is 3.00. The van der Waals surface area contributed by atoms with Crippen LogP contribution < -0.4 is 16.0 Å². The normalized spacial score (nSPS) is 20.8. The van der Waals surface area contributed by atoms with E-state index in [1.165, 1.54) is 5.56 Å². The molecule has 0 aliphatic carbocycles. The Morgan fingerprint density at radius 2 is 1.77 bits per heavy atom. The molecule has 8 bridgehead atoms. The van der Waals surface area contributed by atoms with Crippen molar-refractivity contribution in [3.63, 3.8) is 0 Å². The molecule has 0 saturated carbocycles. The Morgan fingerprint density at radius 3 is 2.55 bits per heavy atom. The lowest BCUT2D eigenvalue weighted by atomic mass is 10.1. The van der Waals surface area contributed by atoms with Crippen molar-refractivity contribution in [3.8, 4) is 11.3 Å². The lowest BCUT2D eigenvalue weighted by molar-refractivity contribution is -0.123. The lowest BCUT2D eigenvalue weighted by Crippen LogP contribution is -2.54. The quantitative estimate of drug-likeness (QED) is 0.385. The summed E-state index contributed by atoms with van der Waals surface area (Å²) in [7, 11) is 0. The predicted molar refractivity (Wildman–Crippen MR) is 165 cm³/mol. The molecular weight excluding hydrogens is 500 g/mol. The molecule has 1 fully saturated rings. The van der Waals surface area contributed by atoms with Gasteiger partial charge in [0.25, 0.3) is 0 Å². The highest BCUT2D eigenvalue weighted by Crippen LogP contribution is 2.22. The minimum Gasteiger partial charge on any atom is -0.370 e. The van der Waals surface area contributed by atoms with E-state index in [2.05, 4.69) is 60.8 Å². The summed E-state index contributed by atoms with van der Waals surface area (Å²) in [5.41, 5.74) is 3.94. The van der Waals surface area contributed by atoms with Crippen molar-refractivity contribution in [2.45, 2.75) is 60.0 Å². The van der Waals surface area contributed by atoms with Crippen molar-refractivity contribution < 1.29 is 4.79 Å². The number of pyridine rings is 1. The first kappa shape index (κ1) is 31.0. The van der Waals surface area contributed by atoms with Gasteiger partial charge in [-0.3, -0.25) is 14.6 Å². The van der Waals surface area contributed by atoms with Gasteiger partial charge in [-0.2, -0.15) is 0 Å². The summed E-state index contributed by atoms with van der Waals surface area (Å²) in [6.45, 7) is 15.7. The number of nitrogens with zero attached hydrogens (tertiary/aromatic N) is 5. The Morgan fingerprint density at radius 1 is 0.950 bits per heavy atom. The SMILES string of the molecule is CC.CC.CCC1CN2CCN1Cc1cccc(c1)Nc1nccc(n1)-c1ccc(nc1)NCCCNC(=O)C2. The Kier molecular flexibility index (Phi) is 12.8. The van der Waals surface area contributed by atoms with Crippen LogP contribution in [0.5, 0.6) is 0 Å². The number of anilines is 3. The fourth-order valence-corrected chi connectivity index (χ4v) is 4.83. The topological polar surface area (TPSA) is 98.3 Å². The summed E-state index contributed by atoms with van der Waals surface area (Å²) >= 11 is 0. The van der Waals surface area contributed by atoms with Gasteiger partial charge in [-0.1, -0.05) is 46.8 Å². The Balaban J connectivity index is 0.00000106. The minimum absolute atomic E-state index is 0.0980. The number of amides is 1. The van der Waals surface area contributed by atoms with Crippen molar-refractivity contribution in [3.05, 3.63) is 60.4 Å². The molecule has 5 aliphatic rings. The van der Waals surface area contributed by atoms with Crippen LogP contribution in [0.25, 0.3) is 11.3 Å². The van der Waals surface area contributed by atoms with E-state index < -0.39 is 0 Å². The summed E-state index contributed by atoms with van der Waals surface area (Å²) in [6.07, 6.45) is 5.47. The summed E-state index contributed by atoms with van der Waals surface area (Å²) < 4.78 is 0. The van der Waals surface area contributed by atoms with E-state index in [9.17, 15) is 4.79 Å². The van der Waals surface area contributed by atoms with E-state index >= 15 is 0 Å². The van der Waals surface area contributed by atoms with Gasteiger partial charge in [-0.25, -0.2) is 15.0 Å². The molecule has 40 heavy (non-hydrogen) atoms. The molecular formula is C31H46N8O. The maximum absolute atomic E-state index is 12.5. The maximum atomic E-state index is 12.5. The van der Waals surface area contributed by atoms with E-state index in [4.69, 9.17) is 4.98 Å². The van der Waals surface area contributed by atoms with Gasteiger partial charge >= 0.3 is 0 Å². The van der Waals surface area contributed by atoms with Crippen LogP contribution in [0.3, 0.4) is 0 Å². The third kappa shape index (κ3) is 8.99. The number of piperazine rings is 1. The molecule has 3 atom stereocenters. The number of carbonyl (C=O) groups excluding carboxylic acids is 1. The molecule has 0 spiro atoms. The van der Waals surface area contributed by atoms with Crippen molar-refractivity contribution in [2.24, 2.45) is 0 Å². The predicted octanol–water partition coefficient (Wildman–Crippen LogP) is 5.16. The molecule has 3 unspecified atom stereocenters. The van der Waals surface area contributed by atoms with Gasteiger partial charge in [0, 0.05) is 69.0 Å². The highest BCUT2D eigenvalue weighted by Gasteiger charge is 2.26. The zero-order valence-corrected chi connectivity index (χ0v) is 24.8. The van der Waals surface area contributed by atoms with Crippen LogP contribution in [0.4, 0.5) is 17.5 Å². The molecule has 9 heteroatoms. The number of benzene rings is 1. The molecule has 9 nitrogen and oxygen atoms in total. The van der Waals surface area contributed by atoms with Gasteiger partial charge in [0.1, 0.15) is 5.82 Å². The molecule has 2 aromatic heterocycles. The number of nitrogens with one attached hydrogen (secondary N) is 3. The van der Waals surface area contributed by atoms with Crippen LogP contribution in [0, 0.1) is 0 Å². The largest absolute Gasteiger partial charge is 0.370 e. The van der Waals surface area contributed by atoms with Crippen LogP contribution in [0.2, 0.25) is 0 Å². The molecule has 3 N–H and O–H groups in total. The smallest absolute Gasteiger partial charge is 0.234 e. The van der Waals surface area contributed by atoms with Gasteiger partial charge in [0.2, 0.25) is 11.9 Å². The highest BCUT2D eigenvalue weighted by atomic mass is 16.2. The van der Waals surface area contributed by atoms with Gasteiger partial charge in [0.05, 0.1) is 12.2 Å². The van der Waals surface area contributed by atoms with Crippen molar-refractivity contribution in [1.29, 1.82) is 0 Å². The Hall–Kier alpha value is -3.56. The van der Waals surface area contributed by atoms with Crippen LogP contribution in [0.1, 0.15) is 53.0 Å². The Labute approximate surface area is 239 Å². The fourth-order valence-electron chi connectivity index (χ4n) is 4.83. The molecule has 3 aromatic rings. The van der Waals surface area contributed by atoms with E-state index in [-0.39, 0.29) is 5.91 Å². The second kappa shape index (κ2) is 16.5. The first-order valence-electron chi connectivity index (χ1n) is 14.8. The van der Waals surface area contributed by atoms with E-state index in [1.54, 1.807) is 6.20 Å². The third-order valence-electron chi connectivity index (χ3n) is 6.79. The van der Waals surface area contributed by atoms with Gasteiger partial charge in [-0.05, 0) is 48.7 Å². The summed E-state index contributed by atoms with van der Waals surface area (Å²) in [5, 5.41) is 9.76. The number of hydrogen-bond donors (Lipinski definition) is 3. The van der Waals surface area contributed by atoms with Crippen LogP contribution >= 0.6 is 0 Å². The van der Waals surface area contributed by atoms with Crippen molar-refractivity contribution in [2.75, 3.05) is 49.9 Å². The van der Waals surface area contributed by atoms with E-state index in [0.717, 1.165) is 68.3 Å². The second-order valence-corrected chi connectivity index (χ2v) is 9.42. The first-order chi connectivity index (χ1) is 19.7. The number of rotatable bonds is 1. The van der Waals surface area contributed by atoms with Gasteiger partial charge in [0.15, 0.2) is 0 Å². The van der Waals surface area contributed by atoms with Crippen molar-refractivity contribution >= 4 is 23.4 Å². The maximum Gasteiger partial charge on any atom is 0.234 e. The van der Waals surface area contributed by atoms with E-state index in [0.29, 0.717) is 25.1 Å². The zero-order chi connectivity index (χ0) is 28.7. The van der Waals surface area contributed by atoms with Crippen LogP contribution in [0.15, 0.2) is 54.9 Å². The number of hydrogen-bond acceptors (Lipinski definition) is 8. The standard InChI is InChI=1S/C27H34N8O.2C2H6/c1-2-23-18-34-13-14-35(23)17-20-5-3-6-22(15-20)32-27-30-12-9-24(33-27)21-7-8-25(31-16-21)28-10-4-11-29-26(36)19-34;2*1-2/h3,5-9,12,15-16,23H,2,4,10-11,13-14,17-19H2,1H3,(H,28,31)(H,29,36)(H,30,32,33);2*1-2H3.